The lowest BCUT2D eigenvalue weighted by Gasteiger charge is -2.33. The Labute approximate surface area is 93.5 Å². The lowest BCUT2D eigenvalue weighted by atomic mass is 9.87. The number of rotatable bonds is 4. The Morgan fingerprint density at radius 1 is 1.33 bits per heavy atom. The van der Waals surface area contributed by atoms with E-state index >= 15 is 0 Å². The van der Waals surface area contributed by atoms with E-state index in [-0.39, 0.29) is 29.9 Å². The Morgan fingerprint density at radius 3 is 2.07 bits per heavy atom. The average molecular weight is 215 g/mol. The predicted octanol–water partition coefficient (Wildman–Crippen LogP) is 1.90. The van der Waals surface area contributed by atoms with Crippen molar-refractivity contribution in [2.45, 2.75) is 47.1 Å². The zero-order valence-corrected chi connectivity index (χ0v) is 10.9. The van der Waals surface area contributed by atoms with Gasteiger partial charge in [-0.15, -0.1) is 0 Å². The quantitative estimate of drug-likeness (QED) is 0.778. The van der Waals surface area contributed by atoms with Crippen molar-refractivity contribution in [1.82, 2.24) is 4.90 Å². The summed E-state index contributed by atoms with van der Waals surface area (Å²) >= 11 is 0. The molecule has 0 heterocycles. The van der Waals surface area contributed by atoms with Crippen LogP contribution in [0.4, 0.5) is 0 Å². The fourth-order valence-corrected chi connectivity index (χ4v) is 1.62. The molecule has 1 amide bonds. The molecule has 1 N–H and O–H groups in total. The van der Waals surface area contributed by atoms with Gasteiger partial charge in [-0.3, -0.25) is 4.79 Å². The van der Waals surface area contributed by atoms with Crippen LogP contribution >= 0.6 is 0 Å². The maximum atomic E-state index is 11.7. The van der Waals surface area contributed by atoms with E-state index in [9.17, 15) is 9.90 Å². The summed E-state index contributed by atoms with van der Waals surface area (Å²) in [7, 11) is 1.77. The van der Waals surface area contributed by atoms with Crippen LogP contribution in [0.25, 0.3) is 0 Å². The third-order valence-electron chi connectivity index (χ3n) is 2.45. The zero-order chi connectivity index (χ0) is 12.2. The molecule has 0 aliphatic carbocycles. The van der Waals surface area contributed by atoms with Gasteiger partial charge in [0, 0.05) is 13.0 Å². The molecule has 0 aromatic carbocycles. The number of nitrogens with zero attached hydrogens (tertiary/aromatic N) is 1. The van der Waals surface area contributed by atoms with E-state index in [1.165, 1.54) is 0 Å². The molecular formula is C12H25NO2. The van der Waals surface area contributed by atoms with Crippen molar-refractivity contribution in [3.05, 3.63) is 0 Å². The number of carbonyl (C=O) groups excluding carboxylic acids is 1. The Balaban J connectivity index is 4.48. The number of hydrogen-bond donors (Lipinski definition) is 1. The fourth-order valence-electron chi connectivity index (χ4n) is 1.62. The second-order valence-electron chi connectivity index (χ2n) is 5.71. The minimum absolute atomic E-state index is 0.0102. The van der Waals surface area contributed by atoms with Gasteiger partial charge in [0.2, 0.25) is 5.91 Å². The van der Waals surface area contributed by atoms with Crippen molar-refractivity contribution >= 4 is 5.91 Å². The molecule has 0 saturated carbocycles. The van der Waals surface area contributed by atoms with E-state index in [0.717, 1.165) is 6.42 Å². The van der Waals surface area contributed by atoms with Crippen LogP contribution in [0.5, 0.6) is 0 Å². The Kier molecular flexibility index (Phi) is 5.29. The van der Waals surface area contributed by atoms with Gasteiger partial charge in [0.1, 0.15) is 0 Å². The number of carbonyl (C=O) groups is 1. The monoisotopic (exact) mass is 215 g/mol. The van der Waals surface area contributed by atoms with Gasteiger partial charge in [-0.25, -0.2) is 0 Å². The van der Waals surface area contributed by atoms with Gasteiger partial charge in [0.25, 0.3) is 0 Å². The van der Waals surface area contributed by atoms with E-state index < -0.39 is 0 Å². The molecule has 0 aromatic rings. The van der Waals surface area contributed by atoms with Crippen LogP contribution in [0.15, 0.2) is 0 Å². The topological polar surface area (TPSA) is 40.5 Å². The molecular weight excluding hydrogens is 190 g/mol. The number of aliphatic hydroxyl groups is 1. The normalized spacial score (nSPS) is 14.1. The summed E-state index contributed by atoms with van der Waals surface area (Å²) in [6.45, 7) is 10.1. The first kappa shape index (κ1) is 14.4. The molecule has 90 valence electrons. The van der Waals surface area contributed by atoms with Crippen LogP contribution in [0.3, 0.4) is 0 Å². The standard InChI is InChI=1S/C12H25NO2/c1-9(2)11(15)13(6)10(8-14)7-12(3,4)5/h9-10,14H,7-8H2,1-6H3/t10-/m0/s1. The van der Waals surface area contributed by atoms with Gasteiger partial charge in [-0.05, 0) is 11.8 Å². The molecule has 0 radical (unpaired) electrons. The Hall–Kier alpha value is -0.570. The first-order valence-corrected chi connectivity index (χ1v) is 5.56. The lowest BCUT2D eigenvalue weighted by molar-refractivity contribution is -0.136. The molecule has 0 rings (SSSR count). The molecule has 0 fully saturated rings. The maximum absolute atomic E-state index is 11.7. The SMILES string of the molecule is CC(C)C(=O)N(C)[C@H](CO)CC(C)(C)C. The summed E-state index contributed by atoms with van der Waals surface area (Å²) in [5.74, 6) is 0.0855. The van der Waals surface area contributed by atoms with Crippen LogP contribution in [-0.4, -0.2) is 35.6 Å². The molecule has 0 aliphatic heterocycles. The smallest absolute Gasteiger partial charge is 0.225 e. The number of amides is 1. The van der Waals surface area contributed by atoms with Gasteiger partial charge < -0.3 is 10.0 Å². The van der Waals surface area contributed by atoms with Crippen LogP contribution in [-0.2, 0) is 4.79 Å². The van der Waals surface area contributed by atoms with Crippen LogP contribution in [0.1, 0.15) is 41.0 Å². The Bertz CT molecular complexity index is 206. The molecule has 0 bridgehead atoms. The van der Waals surface area contributed by atoms with Gasteiger partial charge in [-0.2, -0.15) is 0 Å². The average Bonchev–Trinajstić information content (AvgIpc) is 2.10. The first-order valence-electron chi connectivity index (χ1n) is 5.56. The van der Waals surface area contributed by atoms with Gasteiger partial charge in [-0.1, -0.05) is 34.6 Å². The third kappa shape index (κ3) is 5.17. The summed E-state index contributed by atoms with van der Waals surface area (Å²) in [6, 6.07) is -0.0695. The maximum Gasteiger partial charge on any atom is 0.225 e. The summed E-state index contributed by atoms with van der Waals surface area (Å²) < 4.78 is 0. The van der Waals surface area contributed by atoms with Crippen LogP contribution < -0.4 is 0 Å². The van der Waals surface area contributed by atoms with Crippen molar-refractivity contribution in [2.24, 2.45) is 11.3 Å². The summed E-state index contributed by atoms with van der Waals surface area (Å²) in [5, 5.41) is 9.30. The second-order valence-corrected chi connectivity index (χ2v) is 5.71. The van der Waals surface area contributed by atoms with Crippen molar-refractivity contribution in [3.8, 4) is 0 Å². The molecule has 3 nitrogen and oxygen atoms in total. The fraction of sp³-hybridized carbons (Fsp3) is 0.917. The number of aliphatic hydroxyl groups excluding tert-OH is 1. The highest BCUT2D eigenvalue weighted by Gasteiger charge is 2.25. The molecule has 1 atom stereocenters. The highest BCUT2D eigenvalue weighted by molar-refractivity contribution is 5.78. The summed E-state index contributed by atoms with van der Waals surface area (Å²) in [4.78, 5) is 13.4. The van der Waals surface area contributed by atoms with E-state index in [0.29, 0.717) is 0 Å². The van der Waals surface area contributed by atoms with E-state index in [2.05, 4.69) is 20.8 Å². The van der Waals surface area contributed by atoms with E-state index in [1.807, 2.05) is 13.8 Å². The molecule has 0 saturated heterocycles. The molecule has 3 heteroatoms. The van der Waals surface area contributed by atoms with Crippen LogP contribution in [0, 0.1) is 11.3 Å². The first-order chi connectivity index (χ1) is 6.69. The zero-order valence-electron chi connectivity index (χ0n) is 10.9. The van der Waals surface area contributed by atoms with E-state index in [4.69, 9.17) is 0 Å². The molecule has 0 aromatic heterocycles. The largest absolute Gasteiger partial charge is 0.394 e. The van der Waals surface area contributed by atoms with Crippen molar-refractivity contribution < 1.29 is 9.90 Å². The molecule has 0 spiro atoms. The molecule has 15 heavy (non-hydrogen) atoms. The molecule has 0 aliphatic rings. The second kappa shape index (κ2) is 5.50. The van der Waals surface area contributed by atoms with Gasteiger partial charge in [0.15, 0.2) is 0 Å². The predicted molar refractivity (Wildman–Crippen MR) is 62.6 cm³/mol. The summed E-state index contributed by atoms with van der Waals surface area (Å²) in [6.07, 6.45) is 0.818. The number of likely N-dealkylation sites (N-methyl/N-ethyl adjacent to an activating group) is 1. The summed E-state index contributed by atoms with van der Waals surface area (Å²) in [5.41, 5.74) is 0.124. The van der Waals surface area contributed by atoms with Crippen molar-refractivity contribution in [1.29, 1.82) is 0 Å². The molecule has 0 unspecified atom stereocenters. The lowest BCUT2D eigenvalue weighted by Crippen LogP contribution is -2.43. The van der Waals surface area contributed by atoms with E-state index in [1.54, 1.807) is 11.9 Å². The number of hydrogen-bond acceptors (Lipinski definition) is 2. The van der Waals surface area contributed by atoms with Crippen molar-refractivity contribution in [3.63, 3.8) is 0 Å². The van der Waals surface area contributed by atoms with Crippen molar-refractivity contribution in [2.75, 3.05) is 13.7 Å². The minimum atomic E-state index is -0.0695. The minimum Gasteiger partial charge on any atom is -0.394 e. The van der Waals surface area contributed by atoms with Crippen LogP contribution in [0.2, 0.25) is 0 Å². The third-order valence-corrected chi connectivity index (χ3v) is 2.45. The highest BCUT2D eigenvalue weighted by Crippen LogP contribution is 2.23. The Morgan fingerprint density at radius 2 is 1.80 bits per heavy atom. The van der Waals surface area contributed by atoms with Gasteiger partial charge in [0.05, 0.1) is 12.6 Å². The highest BCUT2D eigenvalue weighted by atomic mass is 16.3. The van der Waals surface area contributed by atoms with Gasteiger partial charge >= 0.3 is 0 Å².